The molecule has 0 aliphatic carbocycles. The smallest absolute Gasteiger partial charge is 0.361 e. The fourth-order valence-electron chi connectivity index (χ4n) is 7.29. The zero-order valence-corrected chi connectivity index (χ0v) is 37.9. The SMILES string of the molecule is C#CCOc1ccccc1-c1cn([C@]2(C(=O)OC)C[C@H](OC(C)=O)[C@@H](NC(=O)COC(C)=O)[C@H]([C@H](OC(C)=O)[C@@H](CNC(=O)Cc3ccc(-c4ccc(OC(C)=O)cc4)cc3)OC(C)=O)O2)nn1. The van der Waals surface area contributed by atoms with E-state index in [0.717, 1.165) is 50.6 Å². The quantitative estimate of drug-likeness (QED) is 0.0591. The van der Waals surface area contributed by atoms with Crippen LogP contribution >= 0.6 is 0 Å². The molecule has 1 aromatic heterocycles. The summed E-state index contributed by atoms with van der Waals surface area (Å²) >= 11 is 0. The molecule has 0 unspecified atom stereocenters. The molecule has 2 N–H and O–H groups in total. The first-order valence-electron chi connectivity index (χ1n) is 20.9. The molecule has 0 radical (unpaired) electrons. The maximum atomic E-state index is 14.2. The van der Waals surface area contributed by atoms with E-state index in [2.05, 4.69) is 26.9 Å². The number of nitrogens with one attached hydrogen (secondary N) is 2. The van der Waals surface area contributed by atoms with Crippen molar-refractivity contribution in [2.24, 2.45) is 0 Å². The normalized spacial score (nSPS) is 18.2. The monoisotopic (exact) mass is 939 g/mol. The molecule has 2 heterocycles. The molecule has 5 rings (SSSR count). The predicted molar refractivity (Wildman–Crippen MR) is 234 cm³/mol. The molecule has 358 valence electrons. The number of terminal acetylenes is 1. The van der Waals surface area contributed by atoms with Gasteiger partial charge < -0.3 is 48.5 Å². The maximum Gasteiger partial charge on any atom is 0.361 e. The van der Waals surface area contributed by atoms with Crippen LogP contribution in [0.25, 0.3) is 22.4 Å². The van der Waals surface area contributed by atoms with E-state index in [-0.39, 0.29) is 18.7 Å². The van der Waals surface area contributed by atoms with Gasteiger partial charge in [0.05, 0.1) is 32.3 Å². The van der Waals surface area contributed by atoms with Gasteiger partial charge in [-0.3, -0.25) is 33.6 Å². The Hall–Kier alpha value is -8.12. The lowest BCUT2D eigenvalue weighted by atomic mass is 9.86. The highest BCUT2D eigenvalue weighted by Crippen LogP contribution is 2.40. The summed E-state index contributed by atoms with van der Waals surface area (Å²) in [7, 11) is 1.04. The molecule has 1 fully saturated rings. The average Bonchev–Trinajstić information content (AvgIpc) is 3.79. The van der Waals surface area contributed by atoms with Crippen molar-refractivity contribution in [1.82, 2.24) is 25.6 Å². The minimum atomic E-state index is -2.45. The number of methoxy groups -OCH3 is 1. The van der Waals surface area contributed by atoms with Crippen molar-refractivity contribution in [3.63, 3.8) is 0 Å². The van der Waals surface area contributed by atoms with Gasteiger partial charge >= 0.3 is 35.8 Å². The number of carbonyl (C=O) groups excluding carboxylic acids is 8. The summed E-state index contributed by atoms with van der Waals surface area (Å²) in [6.07, 6.45) is -0.947. The molecular weight excluding hydrogens is 891 g/mol. The van der Waals surface area contributed by atoms with Crippen molar-refractivity contribution < 1.29 is 76.3 Å². The van der Waals surface area contributed by atoms with Crippen LogP contribution in [0, 0.1) is 12.3 Å². The second kappa shape index (κ2) is 23.4. The molecule has 1 aliphatic rings. The third-order valence-corrected chi connectivity index (χ3v) is 10.0. The zero-order valence-electron chi connectivity index (χ0n) is 37.9. The van der Waals surface area contributed by atoms with Crippen LogP contribution in [0.1, 0.15) is 46.6 Å². The lowest BCUT2D eigenvalue weighted by Crippen LogP contribution is -2.69. The van der Waals surface area contributed by atoms with Gasteiger partial charge in [0, 0.05) is 46.6 Å². The van der Waals surface area contributed by atoms with Crippen LogP contribution in [0.4, 0.5) is 0 Å². The highest BCUT2D eigenvalue weighted by atomic mass is 16.6. The minimum absolute atomic E-state index is 0.0944. The van der Waals surface area contributed by atoms with Gasteiger partial charge in [-0.05, 0) is 41.0 Å². The Morgan fingerprint density at radius 3 is 2.10 bits per heavy atom. The highest BCUT2D eigenvalue weighted by Gasteiger charge is 2.60. The number of benzene rings is 3. The molecule has 1 aliphatic heterocycles. The number of para-hydroxylation sites is 1. The lowest BCUT2D eigenvalue weighted by molar-refractivity contribution is -0.265. The van der Waals surface area contributed by atoms with E-state index in [9.17, 15) is 38.4 Å². The number of amides is 2. The van der Waals surface area contributed by atoms with Crippen LogP contribution < -0.4 is 20.1 Å². The average molecular weight is 940 g/mol. The largest absolute Gasteiger partial charge is 0.480 e. The molecule has 0 bridgehead atoms. The van der Waals surface area contributed by atoms with E-state index >= 15 is 0 Å². The Balaban J connectivity index is 1.53. The summed E-state index contributed by atoms with van der Waals surface area (Å²) in [4.78, 5) is 103. The third kappa shape index (κ3) is 13.5. The highest BCUT2D eigenvalue weighted by molar-refractivity contribution is 5.82. The van der Waals surface area contributed by atoms with Gasteiger partial charge in [-0.15, -0.1) is 11.5 Å². The van der Waals surface area contributed by atoms with E-state index in [0.29, 0.717) is 22.6 Å². The number of nitrogens with zero attached hydrogens (tertiary/aromatic N) is 3. The fraction of sp³-hybridized carbons (Fsp3) is 0.362. The van der Waals surface area contributed by atoms with Crippen LogP contribution in [0.5, 0.6) is 11.5 Å². The Morgan fingerprint density at radius 1 is 0.838 bits per heavy atom. The van der Waals surface area contributed by atoms with Gasteiger partial charge in [0.25, 0.3) is 11.6 Å². The molecule has 1 saturated heterocycles. The van der Waals surface area contributed by atoms with Crippen molar-refractivity contribution >= 4 is 47.6 Å². The van der Waals surface area contributed by atoms with Gasteiger partial charge in [-0.1, -0.05) is 59.7 Å². The van der Waals surface area contributed by atoms with E-state index in [4.69, 9.17) is 44.3 Å². The standard InChI is InChI=1S/C47H49N5O16/c1-8-21-62-38-12-10-9-11-36(38)37-25-52(51-50-37)47(46(60)61-7)23-39(65-29(4)55)43(49-42(59)26-63-27(2)53)45(68-47)44(67-31(6)57)40(66-30(5)56)24-48-41(58)22-32-13-15-33(16-14-32)34-17-19-35(20-18-34)64-28(3)54/h1,9-20,25,39-40,43-45H,21-24,26H2,2-7H3,(H,48,58)(H,49,59)/t39-,40+,43+,44+,45+,47+/m0/s1. The summed E-state index contributed by atoms with van der Waals surface area (Å²) in [6, 6.07) is 18.9. The first kappa shape index (κ1) is 50.9. The summed E-state index contributed by atoms with van der Waals surface area (Å²) in [5.74, 6) is -3.62. The van der Waals surface area contributed by atoms with Crippen molar-refractivity contribution in [1.29, 1.82) is 0 Å². The van der Waals surface area contributed by atoms with E-state index in [1.54, 1.807) is 72.8 Å². The van der Waals surface area contributed by atoms with Gasteiger partial charge in [0.2, 0.25) is 5.91 Å². The first-order valence-corrected chi connectivity index (χ1v) is 20.9. The van der Waals surface area contributed by atoms with Crippen LogP contribution in [0.2, 0.25) is 0 Å². The van der Waals surface area contributed by atoms with Crippen LogP contribution in [-0.2, 0) is 78.9 Å². The molecule has 3 aromatic carbocycles. The second-order valence-corrected chi connectivity index (χ2v) is 15.1. The molecule has 4 aromatic rings. The van der Waals surface area contributed by atoms with Crippen molar-refractivity contribution in [3.05, 3.63) is 84.6 Å². The van der Waals surface area contributed by atoms with Crippen molar-refractivity contribution in [2.45, 2.75) is 83.6 Å². The zero-order chi connectivity index (χ0) is 49.5. The summed E-state index contributed by atoms with van der Waals surface area (Å²) < 4.78 is 45.7. The van der Waals surface area contributed by atoms with E-state index in [1.165, 1.54) is 13.1 Å². The number of ether oxygens (including phenoxy) is 8. The molecule has 21 heteroatoms. The lowest BCUT2D eigenvalue weighted by Gasteiger charge is -2.48. The molecule has 6 atom stereocenters. The molecular formula is C47H49N5O16. The van der Waals surface area contributed by atoms with E-state index in [1.807, 2.05) is 0 Å². The molecule has 0 spiro atoms. The van der Waals surface area contributed by atoms with Gasteiger partial charge in [0.15, 0.2) is 18.8 Å². The Bertz CT molecular complexity index is 2540. The number of carbonyl (C=O) groups is 8. The van der Waals surface area contributed by atoms with Gasteiger partial charge in [-0.25, -0.2) is 9.48 Å². The van der Waals surface area contributed by atoms with Crippen LogP contribution in [0.3, 0.4) is 0 Å². The Labute approximate surface area is 390 Å². The minimum Gasteiger partial charge on any atom is -0.480 e. The molecule has 2 amide bonds. The molecule has 0 saturated carbocycles. The summed E-state index contributed by atoms with van der Waals surface area (Å²) in [5.41, 5.74) is 0.287. The Morgan fingerprint density at radius 2 is 1.50 bits per heavy atom. The first-order chi connectivity index (χ1) is 32.4. The number of rotatable bonds is 19. The number of esters is 6. The van der Waals surface area contributed by atoms with Gasteiger partial charge in [-0.2, -0.15) is 0 Å². The fourth-order valence-corrected chi connectivity index (χ4v) is 7.29. The number of hydrogen-bond acceptors (Lipinski definition) is 18. The van der Waals surface area contributed by atoms with Crippen molar-refractivity contribution in [3.8, 4) is 46.2 Å². The Kier molecular flexibility index (Phi) is 17.5. The number of aromatic nitrogens is 3. The number of hydrogen-bond donors (Lipinski definition) is 2. The summed E-state index contributed by atoms with van der Waals surface area (Å²) in [6.45, 7) is 4.03. The van der Waals surface area contributed by atoms with E-state index < -0.39 is 103 Å². The summed E-state index contributed by atoms with van der Waals surface area (Å²) in [5, 5.41) is 13.7. The molecule has 68 heavy (non-hydrogen) atoms. The second-order valence-electron chi connectivity index (χ2n) is 15.1. The van der Waals surface area contributed by atoms with Crippen LogP contribution in [0.15, 0.2) is 79.0 Å². The predicted octanol–water partition coefficient (Wildman–Crippen LogP) is 2.37. The van der Waals surface area contributed by atoms with Gasteiger partial charge in [0.1, 0.15) is 36.0 Å². The van der Waals surface area contributed by atoms with Crippen LogP contribution in [-0.4, -0.2) is 120 Å². The maximum absolute atomic E-state index is 14.2. The molecule has 21 nitrogen and oxygen atoms in total. The third-order valence-electron chi connectivity index (χ3n) is 10.0. The van der Waals surface area contributed by atoms with Crippen molar-refractivity contribution in [2.75, 3.05) is 26.9 Å². The topological polar surface area (TPSA) is 265 Å².